The number of nitrogens with two attached hydrogens (primary N) is 5. The molecule has 454 valence electrons. The number of aliphatic hydroxyl groups excluding tert-OH is 1. The summed E-state index contributed by atoms with van der Waals surface area (Å²) in [7, 11) is 2.02. The number of aliphatic hydroxyl groups is 1. The van der Waals surface area contributed by atoms with E-state index in [2.05, 4.69) is 47.5 Å². The number of amides is 9. The van der Waals surface area contributed by atoms with Crippen molar-refractivity contribution in [1.29, 1.82) is 0 Å². The highest BCUT2D eigenvalue weighted by atomic mass is 33.1. The number of unbranched alkanes of at least 4 members (excludes halogenated alkanes) is 1. The first-order valence-corrected chi connectivity index (χ1v) is 29.7. The second kappa shape index (κ2) is 32.8. The number of aliphatic imine (C=N–C) groups is 1. The number of carbonyl (C=O) groups excluding carboxylic acids is 9. The monoisotopic (exact) mass is 1200 g/mol. The number of benzene rings is 4. The molecule has 0 aliphatic carbocycles. The average molecular weight is 1200 g/mol. The molecule has 1 aliphatic rings. The van der Waals surface area contributed by atoms with E-state index in [1.165, 1.54) is 12.1 Å². The van der Waals surface area contributed by atoms with Gasteiger partial charge in [0.2, 0.25) is 53.2 Å². The smallest absolute Gasteiger partial charge is 0.245 e. The second-order valence-corrected chi connectivity index (χ2v) is 23.9. The topological polar surface area (TPSA) is 433 Å². The summed E-state index contributed by atoms with van der Waals surface area (Å²) in [6.07, 6.45) is 0.919. The molecule has 0 unspecified atom stereocenters. The van der Waals surface area contributed by atoms with Crippen LogP contribution < -0.4 is 71.2 Å². The van der Waals surface area contributed by atoms with Gasteiger partial charge >= 0.3 is 0 Å². The van der Waals surface area contributed by atoms with Gasteiger partial charge in [0, 0.05) is 29.4 Å². The van der Waals surface area contributed by atoms with Gasteiger partial charge in [0.05, 0.1) is 19.2 Å². The lowest BCUT2D eigenvalue weighted by Gasteiger charge is -2.35. The Morgan fingerprint density at radius 1 is 0.738 bits per heavy atom. The van der Waals surface area contributed by atoms with Crippen LogP contribution in [0.3, 0.4) is 0 Å². The van der Waals surface area contributed by atoms with Crippen molar-refractivity contribution in [2.24, 2.45) is 33.7 Å². The molecule has 4 aromatic carbocycles. The lowest BCUT2D eigenvalue weighted by molar-refractivity contribution is -0.135. The van der Waals surface area contributed by atoms with E-state index in [0.717, 1.165) is 32.4 Å². The fourth-order valence-electron chi connectivity index (χ4n) is 9.02. The van der Waals surface area contributed by atoms with Gasteiger partial charge in [-0.1, -0.05) is 113 Å². The Bertz CT molecular complexity index is 2950. The highest BCUT2D eigenvalue weighted by molar-refractivity contribution is 8.77. The Labute approximate surface area is 495 Å². The van der Waals surface area contributed by atoms with Crippen LogP contribution in [0.2, 0.25) is 0 Å². The summed E-state index contributed by atoms with van der Waals surface area (Å²) in [5, 5.41) is 43.3. The number of primary amides is 1. The molecule has 1 fully saturated rings. The van der Waals surface area contributed by atoms with E-state index in [0.29, 0.717) is 29.5 Å². The molecule has 0 saturated carbocycles. The van der Waals surface area contributed by atoms with E-state index in [-0.39, 0.29) is 62.7 Å². The Balaban J connectivity index is 1.57. The van der Waals surface area contributed by atoms with Crippen LogP contribution in [0.1, 0.15) is 75.5 Å². The Hall–Kier alpha value is -7.98. The van der Waals surface area contributed by atoms with Gasteiger partial charge in [0.15, 0.2) is 5.96 Å². The number of fused-ring (bicyclic) bond motifs is 1. The molecule has 0 aromatic heterocycles. The quantitative estimate of drug-likeness (QED) is 0.0190. The zero-order valence-corrected chi connectivity index (χ0v) is 48.8. The number of guanidine groups is 1. The van der Waals surface area contributed by atoms with Crippen LogP contribution in [0.15, 0.2) is 102 Å². The van der Waals surface area contributed by atoms with Crippen LogP contribution in [0, 0.1) is 0 Å². The Kier molecular flexibility index (Phi) is 26.1. The number of nitrogens with one attached hydrogen (secondary N) is 8. The van der Waals surface area contributed by atoms with Crippen molar-refractivity contribution in [2.45, 2.75) is 125 Å². The SMILES string of the molecule is C[C@H](c1ccc2ccccc2c1)[C@@H]1NC(=O)[C@H](NC(=O)[C@@H](N)Cc2ccc(O)cc2)C(C)(C)SSC[C@H](C(=O)N[C@@H](CCCCN)C(=O)N[C@@H](CCCN=C(N)N)C(N)=O)NC(=O)[C@@H](Cc2ccccc2)NC(=O)[C@H](CO)NC(=O)CNC1=O. The summed E-state index contributed by atoms with van der Waals surface area (Å²) < 4.78 is -1.37. The summed E-state index contributed by atoms with van der Waals surface area (Å²) in [4.78, 5) is 131. The first-order valence-electron chi connectivity index (χ1n) is 27.4. The van der Waals surface area contributed by atoms with E-state index in [9.17, 15) is 48.6 Å². The van der Waals surface area contributed by atoms with Gasteiger partial charge in [0.1, 0.15) is 48.0 Å². The predicted molar refractivity (Wildman–Crippen MR) is 322 cm³/mol. The number of phenolic OH excluding ortho intramolecular Hbond substituents is 1. The van der Waals surface area contributed by atoms with Gasteiger partial charge < -0.3 is 81.4 Å². The van der Waals surface area contributed by atoms with E-state index in [1.54, 1.807) is 69.3 Å². The fourth-order valence-corrected chi connectivity index (χ4v) is 11.8. The highest BCUT2D eigenvalue weighted by Crippen LogP contribution is 2.39. The van der Waals surface area contributed by atoms with Crippen molar-refractivity contribution in [2.75, 3.05) is 32.0 Å². The highest BCUT2D eigenvalue weighted by Gasteiger charge is 2.42. The molecule has 0 radical (unpaired) electrons. The molecular weight excluding hydrogens is 1120 g/mol. The zero-order valence-electron chi connectivity index (χ0n) is 47.1. The van der Waals surface area contributed by atoms with Crippen LogP contribution >= 0.6 is 21.6 Å². The molecule has 1 heterocycles. The van der Waals surface area contributed by atoms with Gasteiger partial charge in [-0.2, -0.15) is 0 Å². The van der Waals surface area contributed by atoms with Gasteiger partial charge in [-0.25, -0.2) is 0 Å². The first kappa shape index (κ1) is 66.8. The third-order valence-corrected chi connectivity index (χ3v) is 17.2. The molecule has 27 heteroatoms. The summed E-state index contributed by atoms with van der Waals surface area (Å²) in [5.41, 5.74) is 30.6. The van der Waals surface area contributed by atoms with Crippen molar-refractivity contribution in [1.82, 2.24) is 42.5 Å². The van der Waals surface area contributed by atoms with Crippen molar-refractivity contribution in [3.63, 3.8) is 0 Å². The molecule has 5 rings (SSSR count). The maximum absolute atomic E-state index is 15.1. The van der Waals surface area contributed by atoms with E-state index >= 15 is 4.79 Å². The molecule has 9 amide bonds. The standard InChI is InChI=1S/C57H78N14O11S2/c1-32(36-21-20-35-14-7-8-15-37(35)28-36)46-54(81)64-29-45(74)65-43(30-72)52(79)68-42(27-33-12-5-4-6-13-33)51(78)69-44(53(80)67-41(16-9-10-24-58)50(77)66-40(48(60)75)17-11-25-63-56(61)62)31-83-84-57(2,3)47(55(82)70-46)71-49(76)39(59)26-34-18-22-38(73)23-19-34/h4-8,12-15,18-23,28,32,39-44,46-47,72-73H,9-11,16-17,24-27,29-31,58-59H2,1-3H3,(H2,60,75)(H,64,81)(H,65,74)(H,66,77)(H,67,80)(H,68,79)(H,69,78)(H,70,82)(H,71,76)(H4,61,62,63)/t32-,39+,40+,41+,42-,43+,44-,46+,47+/m1/s1. The summed E-state index contributed by atoms with van der Waals surface area (Å²) >= 11 is 0. The maximum Gasteiger partial charge on any atom is 0.245 e. The molecule has 1 aliphatic heterocycles. The average Bonchev–Trinajstić information content (AvgIpc) is 3.58. The van der Waals surface area contributed by atoms with Crippen molar-refractivity contribution >= 4 is 91.5 Å². The number of nitrogens with zero attached hydrogens (tertiary/aromatic N) is 1. The van der Waals surface area contributed by atoms with Crippen LogP contribution in [0.25, 0.3) is 10.8 Å². The minimum atomic E-state index is -1.67. The van der Waals surface area contributed by atoms with Crippen molar-refractivity contribution in [3.05, 3.63) is 114 Å². The molecule has 4 aromatic rings. The molecular formula is C57H78N14O11S2. The molecule has 1 saturated heterocycles. The van der Waals surface area contributed by atoms with Gasteiger partial charge in [-0.05, 0) is 98.5 Å². The largest absolute Gasteiger partial charge is 0.508 e. The third kappa shape index (κ3) is 20.7. The van der Waals surface area contributed by atoms with Crippen molar-refractivity contribution in [3.8, 4) is 5.75 Å². The van der Waals surface area contributed by atoms with Crippen molar-refractivity contribution < 1.29 is 53.4 Å². The number of phenols is 1. The van der Waals surface area contributed by atoms with E-state index < -0.39 is 125 Å². The molecule has 0 spiro atoms. The first-order chi connectivity index (χ1) is 40.0. The number of aromatic hydroxyl groups is 1. The number of hydrogen-bond donors (Lipinski definition) is 15. The molecule has 9 atom stereocenters. The molecule has 84 heavy (non-hydrogen) atoms. The molecule has 25 nitrogen and oxygen atoms in total. The van der Waals surface area contributed by atoms with Crippen LogP contribution in [0.4, 0.5) is 0 Å². The van der Waals surface area contributed by atoms with E-state index in [4.69, 9.17) is 28.7 Å². The number of rotatable bonds is 22. The lowest BCUT2D eigenvalue weighted by Crippen LogP contribution is -2.62. The summed E-state index contributed by atoms with van der Waals surface area (Å²) in [5.74, 6) is -9.11. The predicted octanol–water partition coefficient (Wildman–Crippen LogP) is -1.19. The summed E-state index contributed by atoms with van der Waals surface area (Å²) in [6.45, 7) is 3.62. The number of carbonyl (C=O) groups is 9. The fraction of sp³-hybridized carbons (Fsp3) is 0.439. The van der Waals surface area contributed by atoms with E-state index in [1.807, 2.05) is 36.4 Å². The normalized spacial score (nSPS) is 20.6. The Morgan fingerprint density at radius 2 is 1.40 bits per heavy atom. The molecule has 0 bridgehead atoms. The minimum Gasteiger partial charge on any atom is -0.508 e. The molecule has 20 N–H and O–H groups in total. The van der Waals surface area contributed by atoms with Gasteiger partial charge in [-0.3, -0.25) is 48.1 Å². The van der Waals surface area contributed by atoms with Crippen LogP contribution in [-0.4, -0.2) is 154 Å². The van der Waals surface area contributed by atoms with Gasteiger partial charge in [0.25, 0.3) is 0 Å². The zero-order chi connectivity index (χ0) is 61.5. The minimum absolute atomic E-state index is 0.00723. The Morgan fingerprint density at radius 3 is 2.07 bits per heavy atom. The second-order valence-electron chi connectivity index (χ2n) is 20.9. The lowest BCUT2D eigenvalue weighted by atomic mass is 9.90. The van der Waals surface area contributed by atoms with Gasteiger partial charge in [-0.15, -0.1) is 0 Å². The summed E-state index contributed by atoms with van der Waals surface area (Å²) in [6, 6.07) is 16.2. The number of hydrogen-bond acceptors (Lipinski definition) is 16. The maximum atomic E-state index is 15.1. The third-order valence-electron chi connectivity index (χ3n) is 13.9. The van der Waals surface area contributed by atoms with Crippen LogP contribution in [0.5, 0.6) is 5.75 Å². The van der Waals surface area contributed by atoms with Crippen LogP contribution in [-0.2, 0) is 56.0 Å².